The zero-order chi connectivity index (χ0) is 17.5. The predicted molar refractivity (Wildman–Crippen MR) is 95.9 cm³/mol. The van der Waals surface area contributed by atoms with Gasteiger partial charge in [0.15, 0.2) is 0 Å². The molecule has 0 saturated heterocycles. The van der Waals surface area contributed by atoms with Crippen molar-refractivity contribution in [2.45, 2.75) is 27.7 Å². The first-order valence-electron chi connectivity index (χ1n) is 8.27. The van der Waals surface area contributed by atoms with Crippen molar-refractivity contribution in [3.63, 3.8) is 0 Å². The minimum absolute atomic E-state index is 0.646. The fourth-order valence-corrected chi connectivity index (χ4v) is 2.51. The second-order valence-corrected chi connectivity index (χ2v) is 6.17. The Hall–Kier alpha value is -2.14. The Morgan fingerprint density at radius 1 is 0.708 bits per heavy atom. The van der Waals surface area contributed by atoms with E-state index in [0.29, 0.717) is 13.2 Å². The summed E-state index contributed by atoms with van der Waals surface area (Å²) in [5, 5.41) is 0. The molecule has 2 rings (SSSR count). The van der Waals surface area contributed by atoms with Gasteiger partial charge in [-0.15, -0.1) is 0 Å². The Morgan fingerprint density at radius 2 is 1.04 bits per heavy atom. The van der Waals surface area contributed by atoms with Crippen LogP contribution >= 0.6 is 0 Å². The second kappa shape index (κ2) is 8.64. The second-order valence-electron chi connectivity index (χ2n) is 6.17. The topological polar surface area (TPSA) is 47.5 Å². The van der Waals surface area contributed by atoms with Crippen LogP contribution in [0.25, 0.3) is 0 Å². The van der Waals surface area contributed by atoms with Gasteiger partial charge in [-0.3, -0.25) is 14.9 Å². The lowest BCUT2D eigenvalue weighted by Crippen LogP contribution is -2.28. The Morgan fingerprint density at radius 3 is 1.38 bits per heavy atom. The van der Waals surface area contributed by atoms with E-state index in [9.17, 15) is 0 Å². The van der Waals surface area contributed by atoms with Crippen LogP contribution in [0.3, 0.4) is 0 Å². The van der Waals surface area contributed by atoms with Crippen LogP contribution in [0, 0.1) is 27.7 Å². The van der Waals surface area contributed by atoms with Gasteiger partial charge in [0.1, 0.15) is 24.7 Å². The molecule has 0 aliphatic heterocycles. The molecule has 0 radical (unpaired) electrons. The molecule has 0 atom stereocenters. The first-order valence-corrected chi connectivity index (χ1v) is 8.27. The molecule has 0 aliphatic carbocycles. The first kappa shape index (κ1) is 18.2. The maximum atomic E-state index is 5.80. The minimum atomic E-state index is 0.646. The van der Waals surface area contributed by atoms with E-state index in [2.05, 4.69) is 21.9 Å². The van der Waals surface area contributed by atoms with E-state index in [1.54, 1.807) is 0 Å². The predicted octanol–water partition coefficient (Wildman–Crippen LogP) is 3.10. The van der Waals surface area contributed by atoms with Crippen LogP contribution in [-0.4, -0.2) is 48.2 Å². The summed E-state index contributed by atoms with van der Waals surface area (Å²) in [5.41, 5.74) is 3.92. The lowest BCUT2D eigenvalue weighted by molar-refractivity contribution is 0.202. The van der Waals surface area contributed by atoms with Crippen LogP contribution < -0.4 is 9.47 Å². The van der Waals surface area contributed by atoms with E-state index >= 15 is 0 Å². The van der Waals surface area contributed by atoms with Crippen LogP contribution in [0.5, 0.6) is 11.5 Å². The van der Waals surface area contributed by atoms with Gasteiger partial charge in [-0.05, 0) is 34.7 Å². The molecule has 0 N–H and O–H groups in total. The summed E-state index contributed by atoms with van der Waals surface area (Å²) in [5.74, 6) is 1.76. The summed E-state index contributed by atoms with van der Waals surface area (Å²) in [6.07, 6.45) is 0. The molecule has 2 aromatic rings. The number of ether oxygens (including phenoxy) is 2. The normalized spacial score (nSPS) is 10.9. The minimum Gasteiger partial charge on any atom is -0.492 e. The standard InChI is InChI=1S/C19H27N3O2/c1-14-10-18(11-15(2)20-14)23-8-6-22(5)7-9-24-19-12-16(3)21-17(4)13-19/h10-13H,6-9H2,1-5H3. The molecule has 130 valence electrons. The van der Waals surface area contributed by atoms with Crippen molar-refractivity contribution in [2.24, 2.45) is 0 Å². The third-order valence-electron chi connectivity index (χ3n) is 3.59. The summed E-state index contributed by atoms with van der Waals surface area (Å²) in [6.45, 7) is 10.9. The molecule has 0 saturated carbocycles. The zero-order valence-electron chi connectivity index (χ0n) is 15.3. The van der Waals surface area contributed by atoms with Crippen molar-refractivity contribution < 1.29 is 9.47 Å². The van der Waals surface area contributed by atoms with Gasteiger partial charge >= 0.3 is 0 Å². The van der Waals surface area contributed by atoms with Gasteiger partial charge in [-0.25, -0.2) is 0 Å². The van der Waals surface area contributed by atoms with E-state index in [1.165, 1.54) is 0 Å². The third kappa shape index (κ3) is 6.16. The van der Waals surface area contributed by atoms with E-state index in [1.807, 2.05) is 52.0 Å². The average molecular weight is 329 g/mol. The molecule has 0 fully saturated rings. The quantitative estimate of drug-likeness (QED) is 0.745. The SMILES string of the molecule is Cc1cc(OCCN(C)CCOc2cc(C)nc(C)c2)cc(C)n1. The van der Waals surface area contributed by atoms with Crippen molar-refractivity contribution in [3.8, 4) is 11.5 Å². The fourth-order valence-electron chi connectivity index (χ4n) is 2.51. The molecule has 0 aromatic carbocycles. The summed E-state index contributed by atoms with van der Waals surface area (Å²) < 4.78 is 11.6. The number of rotatable bonds is 8. The van der Waals surface area contributed by atoms with E-state index in [-0.39, 0.29) is 0 Å². The summed E-state index contributed by atoms with van der Waals surface area (Å²) in [6, 6.07) is 7.85. The molecular formula is C19H27N3O2. The highest BCUT2D eigenvalue weighted by atomic mass is 16.5. The number of aromatic nitrogens is 2. The van der Waals surface area contributed by atoms with Crippen molar-refractivity contribution in [1.82, 2.24) is 14.9 Å². The molecule has 5 heteroatoms. The molecule has 0 bridgehead atoms. The van der Waals surface area contributed by atoms with Gasteiger partial charge in [0.2, 0.25) is 0 Å². The number of hydrogen-bond acceptors (Lipinski definition) is 5. The van der Waals surface area contributed by atoms with Gasteiger partial charge < -0.3 is 9.47 Å². The van der Waals surface area contributed by atoms with E-state index in [4.69, 9.17) is 9.47 Å². The maximum absolute atomic E-state index is 5.80. The fraction of sp³-hybridized carbons (Fsp3) is 0.474. The molecule has 2 aromatic heterocycles. The van der Waals surface area contributed by atoms with Crippen molar-refractivity contribution in [2.75, 3.05) is 33.4 Å². The van der Waals surface area contributed by atoms with Crippen molar-refractivity contribution in [1.29, 1.82) is 0 Å². The zero-order valence-corrected chi connectivity index (χ0v) is 15.3. The number of aryl methyl sites for hydroxylation is 4. The Kier molecular flexibility index (Phi) is 6.55. The van der Waals surface area contributed by atoms with Crippen LogP contribution in [0.15, 0.2) is 24.3 Å². The molecule has 5 nitrogen and oxygen atoms in total. The first-order chi connectivity index (χ1) is 11.4. The van der Waals surface area contributed by atoms with Crippen molar-refractivity contribution in [3.05, 3.63) is 47.0 Å². The summed E-state index contributed by atoms with van der Waals surface area (Å²) in [4.78, 5) is 10.9. The molecule has 0 unspecified atom stereocenters. The summed E-state index contributed by atoms with van der Waals surface area (Å²) >= 11 is 0. The Balaban J connectivity index is 1.68. The number of nitrogens with zero attached hydrogens (tertiary/aromatic N) is 3. The lowest BCUT2D eigenvalue weighted by Gasteiger charge is -2.17. The van der Waals surface area contributed by atoms with Crippen LogP contribution in [0.4, 0.5) is 0 Å². The Bertz CT molecular complexity index is 576. The maximum Gasteiger partial charge on any atom is 0.122 e. The molecule has 0 aliphatic rings. The number of pyridine rings is 2. The van der Waals surface area contributed by atoms with Crippen LogP contribution in [0.2, 0.25) is 0 Å². The van der Waals surface area contributed by atoms with Gasteiger partial charge in [0.05, 0.1) is 0 Å². The number of likely N-dealkylation sites (N-methyl/N-ethyl adjacent to an activating group) is 1. The molecule has 0 spiro atoms. The highest BCUT2D eigenvalue weighted by molar-refractivity contribution is 5.26. The summed E-state index contributed by atoms with van der Waals surface area (Å²) in [7, 11) is 2.07. The molecule has 24 heavy (non-hydrogen) atoms. The van der Waals surface area contributed by atoms with Gasteiger partial charge in [-0.1, -0.05) is 0 Å². The van der Waals surface area contributed by atoms with Crippen LogP contribution in [0.1, 0.15) is 22.8 Å². The lowest BCUT2D eigenvalue weighted by atomic mass is 10.3. The molecule has 0 amide bonds. The highest BCUT2D eigenvalue weighted by Gasteiger charge is 2.03. The highest BCUT2D eigenvalue weighted by Crippen LogP contribution is 2.14. The van der Waals surface area contributed by atoms with Crippen LogP contribution in [-0.2, 0) is 0 Å². The third-order valence-corrected chi connectivity index (χ3v) is 3.59. The van der Waals surface area contributed by atoms with Gasteiger partial charge in [0, 0.05) is 60.1 Å². The Labute approximate surface area is 144 Å². The smallest absolute Gasteiger partial charge is 0.122 e. The average Bonchev–Trinajstić information content (AvgIpc) is 2.45. The van der Waals surface area contributed by atoms with Crippen molar-refractivity contribution >= 4 is 0 Å². The van der Waals surface area contributed by atoms with Gasteiger partial charge in [0.25, 0.3) is 0 Å². The van der Waals surface area contributed by atoms with E-state index in [0.717, 1.165) is 47.4 Å². The monoisotopic (exact) mass is 329 g/mol. The molecule has 2 heterocycles. The largest absolute Gasteiger partial charge is 0.492 e. The number of hydrogen-bond donors (Lipinski definition) is 0. The molecular weight excluding hydrogens is 302 g/mol. The van der Waals surface area contributed by atoms with E-state index < -0.39 is 0 Å². The van der Waals surface area contributed by atoms with Gasteiger partial charge in [-0.2, -0.15) is 0 Å².